The van der Waals surface area contributed by atoms with Gasteiger partial charge in [0.1, 0.15) is 0 Å². The van der Waals surface area contributed by atoms with E-state index < -0.39 is 0 Å². The van der Waals surface area contributed by atoms with Gasteiger partial charge in [-0.05, 0) is 43.0 Å². The Morgan fingerprint density at radius 1 is 1.00 bits per heavy atom. The number of nitrogens with one attached hydrogen (secondary N) is 2. The topological polar surface area (TPSA) is 44.0 Å². The molecule has 1 aliphatic rings. The Bertz CT molecular complexity index is 814. The molecule has 0 aliphatic carbocycles. The average molecular weight is 361 g/mol. The molecule has 3 aromatic rings. The van der Waals surface area contributed by atoms with E-state index >= 15 is 0 Å². The molecule has 0 unspecified atom stereocenters. The van der Waals surface area contributed by atoms with Crippen LogP contribution >= 0.6 is 0 Å². The van der Waals surface area contributed by atoms with Crippen molar-refractivity contribution < 1.29 is 0 Å². The Kier molecular flexibility index (Phi) is 5.54. The van der Waals surface area contributed by atoms with Crippen LogP contribution in [0.25, 0.3) is 11.1 Å². The Morgan fingerprint density at radius 2 is 1.67 bits per heavy atom. The van der Waals surface area contributed by atoms with Crippen LogP contribution in [0.3, 0.4) is 0 Å². The van der Waals surface area contributed by atoms with Crippen LogP contribution in [0.2, 0.25) is 0 Å². The number of imidazole rings is 1. The van der Waals surface area contributed by atoms with E-state index in [2.05, 4.69) is 75.6 Å². The number of aryl methyl sites for hydroxylation is 1. The fraction of sp³-hybridized carbons (Fsp3) is 0.348. The molecule has 4 heteroatoms. The molecule has 2 N–H and O–H groups in total. The number of nitrogens with zero attached hydrogens (tertiary/aromatic N) is 2. The minimum absolute atomic E-state index is 0.621. The Hall–Kier alpha value is -2.59. The molecule has 1 aliphatic heterocycles. The summed E-state index contributed by atoms with van der Waals surface area (Å²) in [5.41, 5.74) is 6.41. The molecule has 0 amide bonds. The van der Waals surface area contributed by atoms with E-state index in [1.165, 1.54) is 40.9 Å². The lowest BCUT2D eigenvalue weighted by Gasteiger charge is -2.34. The zero-order valence-electron chi connectivity index (χ0n) is 16.0. The van der Waals surface area contributed by atoms with Gasteiger partial charge in [0.05, 0.1) is 6.33 Å². The largest absolute Gasteiger partial charge is 0.371 e. The molecular formula is C23H28N4. The average Bonchev–Trinajstić information content (AvgIpc) is 3.23. The molecule has 0 atom stereocenters. The summed E-state index contributed by atoms with van der Waals surface area (Å²) in [6.07, 6.45) is 7.06. The molecule has 1 saturated heterocycles. The number of H-pyrrole nitrogens is 1. The molecule has 1 fully saturated rings. The molecule has 4 rings (SSSR count). The van der Waals surface area contributed by atoms with Crippen molar-refractivity contribution in [3.05, 3.63) is 72.3 Å². The van der Waals surface area contributed by atoms with Crippen molar-refractivity contribution >= 4 is 5.69 Å². The van der Waals surface area contributed by atoms with Crippen molar-refractivity contribution in [3.8, 4) is 11.1 Å². The molecule has 1 aromatic heterocycles. The van der Waals surface area contributed by atoms with Crippen molar-refractivity contribution in [2.75, 3.05) is 24.5 Å². The fourth-order valence-electron chi connectivity index (χ4n) is 3.78. The SMILES string of the molecule is Cc1ccc(-c2ccc(N3CCC(NCCc4cnc[nH]4)CC3)cc2)cc1. The summed E-state index contributed by atoms with van der Waals surface area (Å²) in [6, 6.07) is 18.4. The zero-order valence-corrected chi connectivity index (χ0v) is 16.0. The van der Waals surface area contributed by atoms with Gasteiger partial charge >= 0.3 is 0 Å². The van der Waals surface area contributed by atoms with E-state index in [4.69, 9.17) is 0 Å². The fourth-order valence-corrected chi connectivity index (χ4v) is 3.78. The van der Waals surface area contributed by atoms with Crippen LogP contribution in [-0.2, 0) is 6.42 Å². The van der Waals surface area contributed by atoms with Crippen molar-refractivity contribution in [2.24, 2.45) is 0 Å². The molecule has 0 saturated carbocycles. The standard InChI is InChI=1S/C23H28N4/c1-18-2-4-19(5-3-18)20-6-8-23(9-7-20)27-14-11-21(12-15-27)25-13-10-22-16-24-17-26-22/h2-9,16-17,21,25H,10-15H2,1H3,(H,24,26). The van der Waals surface area contributed by atoms with Crippen molar-refractivity contribution in [2.45, 2.75) is 32.2 Å². The number of aromatic nitrogens is 2. The number of hydrogen-bond acceptors (Lipinski definition) is 3. The Labute approximate surface area is 161 Å². The first kappa shape index (κ1) is 17.8. The van der Waals surface area contributed by atoms with Crippen LogP contribution in [0, 0.1) is 6.92 Å². The predicted molar refractivity (Wildman–Crippen MR) is 112 cm³/mol. The van der Waals surface area contributed by atoms with Gasteiger partial charge in [-0.3, -0.25) is 0 Å². The second kappa shape index (κ2) is 8.40. The summed E-state index contributed by atoms with van der Waals surface area (Å²) in [5, 5.41) is 3.69. The number of rotatable bonds is 6. The van der Waals surface area contributed by atoms with E-state index in [9.17, 15) is 0 Å². The quantitative estimate of drug-likeness (QED) is 0.693. The highest BCUT2D eigenvalue weighted by molar-refractivity contribution is 5.66. The number of aromatic amines is 1. The van der Waals surface area contributed by atoms with Crippen LogP contribution in [0.5, 0.6) is 0 Å². The van der Waals surface area contributed by atoms with E-state index in [1.807, 2.05) is 6.20 Å². The highest BCUT2D eigenvalue weighted by Crippen LogP contribution is 2.25. The predicted octanol–water partition coefficient (Wildman–Crippen LogP) is 4.19. The minimum atomic E-state index is 0.621. The molecule has 27 heavy (non-hydrogen) atoms. The first-order valence-corrected chi connectivity index (χ1v) is 9.90. The van der Waals surface area contributed by atoms with Crippen LogP contribution < -0.4 is 10.2 Å². The highest BCUT2D eigenvalue weighted by Gasteiger charge is 2.18. The van der Waals surface area contributed by atoms with Gasteiger partial charge < -0.3 is 15.2 Å². The summed E-state index contributed by atoms with van der Waals surface area (Å²) >= 11 is 0. The molecule has 2 heterocycles. The lowest BCUT2D eigenvalue weighted by atomic mass is 10.0. The maximum absolute atomic E-state index is 4.07. The molecule has 2 aromatic carbocycles. The lowest BCUT2D eigenvalue weighted by Crippen LogP contribution is -2.43. The van der Waals surface area contributed by atoms with Gasteiger partial charge in [-0.25, -0.2) is 4.98 Å². The molecule has 0 spiro atoms. The first-order chi connectivity index (χ1) is 13.3. The minimum Gasteiger partial charge on any atom is -0.371 e. The molecule has 140 valence electrons. The van der Waals surface area contributed by atoms with E-state index in [-0.39, 0.29) is 0 Å². The van der Waals surface area contributed by atoms with E-state index in [0.717, 1.165) is 26.1 Å². The Morgan fingerprint density at radius 3 is 2.30 bits per heavy atom. The maximum Gasteiger partial charge on any atom is 0.0921 e. The van der Waals surface area contributed by atoms with Gasteiger partial charge in [0, 0.05) is 49.7 Å². The van der Waals surface area contributed by atoms with Crippen molar-refractivity contribution in [1.29, 1.82) is 0 Å². The van der Waals surface area contributed by atoms with Crippen LogP contribution in [0.1, 0.15) is 24.1 Å². The van der Waals surface area contributed by atoms with Crippen molar-refractivity contribution in [3.63, 3.8) is 0 Å². The third-order valence-corrected chi connectivity index (χ3v) is 5.49. The van der Waals surface area contributed by atoms with Gasteiger partial charge in [-0.15, -0.1) is 0 Å². The van der Waals surface area contributed by atoms with Gasteiger partial charge in [-0.1, -0.05) is 42.0 Å². The number of benzene rings is 2. The second-order valence-corrected chi connectivity index (χ2v) is 7.46. The van der Waals surface area contributed by atoms with Crippen LogP contribution in [-0.4, -0.2) is 35.6 Å². The third-order valence-electron chi connectivity index (χ3n) is 5.49. The van der Waals surface area contributed by atoms with Gasteiger partial charge in [0.15, 0.2) is 0 Å². The number of piperidine rings is 1. The van der Waals surface area contributed by atoms with Crippen LogP contribution in [0.4, 0.5) is 5.69 Å². The molecule has 0 radical (unpaired) electrons. The number of anilines is 1. The summed E-state index contributed by atoms with van der Waals surface area (Å²) in [7, 11) is 0. The monoisotopic (exact) mass is 360 g/mol. The highest BCUT2D eigenvalue weighted by atomic mass is 15.1. The summed E-state index contributed by atoms with van der Waals surface area (Å²) < 4.78 is 0. The smallest absolute Gasteiger partial charge is 0.0921 e. The first-order valence-electron chi connectivity index (χ1n) is 9.90. The molecule has 0 bridgehead atoms. The normalized spacial score (nSPS) is 15.2. The van der Waals surface area contributed by atoms with Crippen LogP contribution in [0.15, 0.2) is 61.1 Å². The zero-order chi connectivity index (χ0) is 18.5. The maximum atomic E-state index is 4.07. The summed E-state index contributed by atoms with van der Waals surface area (Å²) in [5.74, 6) is 0. The van der Waals surface area contributed by atoms with E-state index in [1.54, 1.807) is 6.33 Å². The Balaban J connectivity index is 1.27. The third kappa shape index (κ3) is 4.58. The van der Waals surface area contributed by atoms with Gasteiger partial charge in [0.2, 0.25) is 0 Å². The van der Waals surface area contributed by atoms with Crippen molar-refractivity contribution in [1.82, 2.24) is 15.3 Å². The summed E-state index contributed by atoms with van der Waals surface area (Å²) in [4.78, 5) is 9.74. The molecule has 4 nitrogen and oxygen atoms in total. The van der Waals surface area contributed by atoms with Gasteiger partial charge in [-0.2, -0.15) is 0 Å². The second-order valence-electron chi connectivity index (χ2n) is 7.46. The number of hydrogen-bond donors (Lipinski definition) is 2. The lowest BCUT2D eigenvalue weighted by molar-refractivity contribution is 0.417. The van der Waals surface area contributed by atoms with Gasteiger partial charge in [0.25, 0.3) is 0 Å². The van der Waals surface area contributed by atoms with E-state index in [0.29, 0.717) is 6.04 Å². The summed E-state index contributed by atoms with van der Waals surface area (Å²) in [6.45, 7) is 5.37. The molecular weight excluding hydrogens is 332 g/mol.